The first-order valence-corrected chi connectivity index (χ1v) is 12.4. The molecule has 1 saturated carbocycles. The molecule has 33 heavy (non-hydrogen) atoms. The molecule has 3 N–H and O–H groups in total. The van der Waals surface area contributed by atoms with E-state index in [0.717, 1.165) is 44.1 Å². The Kier molecular flexibility index (Phi) is 7.56. The van der Waals surface area contributed by atoms with Crippen molar-refractivity contribution >= 4 is 35.1 Å². The van der Waals surface area contributed by atoms with Crippen molar-refractivity contribution in [2.45, 2.75) is 51.0 Å². The van der Waals surface area contributed by atoms with E-state index in [2.05, 4.69) is 34.3 Å². The lowest BCUT2D eigenvalue weighted by atomic mass is 9.87. The van der Waals surface area contributed by atoms with Gasteiger partial charge >= 0.3 is 5.95 Å². The molecule has 1 atom stereocenters. The van der Waals surface area contributed by atoms with Gasteiger partial charge in [0, 0.05) is 37.5 Å². The summed E-state index contributed by atoms with van der Waals surface area (Å²) in [6.45, 7) is 3.24. The van der Waals surface area contributed by atoms with E-state index in [1.807, 2.05) is 12.1 Å². The maximum atomic E-state index is 6.30. The molecule has 1 aromatic carbocycles. The lowest BCUT2D eigenvalue weighted by Crippen LogP contribution is -2.60. The number of hydrogen-bond acceptors (Lipinski definition) is 7. The fraction of sp³-hybridized carbons (Fsp3) is 0.625. The minimum absolute atomic E-state index is 0.239. The summed E-state index contributed by atoms with van der Waals surface area (Å²) in [6, 6.07) is 5.97. The number of anilines is 3. The van der Waals surface area contributed by atoms with E-state index in [0.29, 0.717) is 33.2 Å². The molecule has 8 nitrogen and oxygen atoms in total. The zero-order valence-corrected chi connectivity index (χ0v) is 20.8. The number of quaternary nitrogens is 1. The molecule has 2 aromatic rings. The fourth-order valence-electron chi connectivity index (χ4n) is 5.40. The number of halogens is 1. The molecule has 2 aliphatic rings. The molecule has 1 unspecified atom stereocenters. The van der Waals surface area contributed by atoms with Gasteiger partial charge in [-0.15, -0.1) is 9.97 Å². The summed E-state index contributed by atoms with van der Waals surface area (Å²) in [5.74, 6) is 2.75. The van der Waals surface area contributed by atoms with Crippen molar-refractivity contribution in [2.75, 3.05) is 51.9 Å². The highest BCUT2D eigenvalue weighted by Crippen LogP contribution is 2.34. The van der Waals surface area contributed by atoms with Crippen LogP contribution in [0.1, 0.15) is 44.9 Å². The molecule has 1 aliphatic carbocycles. The Morgan fingerprint density at radius 1 is 1.12 bits per heavy atom. The van der Waals surface area contributed by atoms with Crippen LogP contribution in [0.25, 0.3) is 0 Å². The van der Waals surface area contributed by atoms with Crippen LogP contribution in [0.4, 0.5) is 23.5 Å². The van der Waals surface area contributed by atoms with Crippen molar-refractivity contribution in [3.05, 3.63) is 23.2 Å². The number of methoxy groups -OCH3 is 1. The van der Waals surface area contributed by atoms with E-state index in [1.165, 1.54) is 32.1 Å². The van der Waals surface area contributed by atoms with E-state index in [1.54, 1.807) is 13.2 Å². The van der Waals surface area contributed by atoms with Crippen LogP contribution >= 0.6 is 11.6 Å². The van der Waals surface area contributed by atoms with Crippen LogP contribution in [-0.4, -0.2) is 66.7 Å². The van der Waals surface area contributed by atoms with Gasteiger partial charge < -0.3 is 20.7 Å². The normalized spacial score (nSPS) is 20.4. The van der Waals surface area contributed by atoms with Gasteiger partial charge in [-0.3, -0.25) is 4.48 Å². The number of aromatic nitrogens is 3. The molecule has 1 aromatic heterocycles. The zero-order chi connectivity index (χ0) is 23.4. The van der Waals surface area contributed by atoms with Crippen LogP contribution in [0, 0.1) is 5.92 Å². The first kappa shape index (κ1) is 24.0. The molecular formula is C24H37ClN7O+. The van der Waals surface area contributed by atoms with E-state index in [-0.39, 0.29) is 5.95 Å². The third-order valence-electron chi connectivity index (χ3n) is 7.36. The summed E-state index contributed by atoms with van der Waals surface area (Å²) in [5.41, 5.74) is 6.98. The van der Waals surface area contributed by atoms with Gasteiger partial charge in [0.1, 0.15) is 5.75 Å². The molecule has 0 bridgehead atoms. The van der Waals surface area contributed by atoms with Crippen LogP contribution < -0.4 is 20.3 Å². The Morgan fingerprint density at radius 2 is 1.85 bits per heavy atom. The summed E-state index contributed by atoms with van der Waals surface area (Å²) < 4.78 is 5.96. The van der Waals surface area contributed by atoms with Crippen molar-refractivity contribution in [3.63, 3.8) is 0 Å². The molecule has 4 rings (SSSR count). The number of nitrogens with two attached hydrogens (primary N) is 1. The molecule has 0 amide bonds. The van der Waals surface area contributed by atoms with Gasteiger partial charge in [0.15, 0.2) is 0 Å². The number of nitrogens with zero attached hydrogens (tertiary/aromatic N) is 5. The first-order chi connectivity index (χ1) is 15.9. The van der Waals surface area contributed by atoms with Gasteiger partial charge in [-0.1, -0.05) is 30.9 Å². The number of nitrogens with one attached hydrogen (secondary N) is 1. The maximum Gasteiger partial charge on any atom is 0.335 e. The number of piperidine rings is 1. The molecule has 2 heterocycles. The van der Waals surface area contributed by atoms with Crippen molar-refractivity contribution in [1.29, 1.82) is 0 Å². The highest BCUT2D eigenvalue weighted by atomic mass is 35.5. The number of ether oxygens (including phenoxy) is 1. The van der Waals surface area contributed by atoms with Crippen molar-refractivity contribution < 1.29 is 4.74 Å². The second kappa shape index (κ2) is 10.4. The summed E-state index contributed by atoms with van der Waals surface area (Å²) in [4.78, 5) is 16.4. The number of benzene rings is 1. The zero-order valence-electron chi connectivity index (χ0n) is 20.1. The average Bonchev–Trinajstić information content (AvgIpc) is 2.80. The molecule has 180 valence electrons. The number of rotatable bonds is 7. The van der Waals surface area contributed by atoms with Crippen LogP contribution in [-0.2, 0) is 0 Å². The van der Waals surface area contributed by atoms with Gasteiger partial charge in [-0.05, 0) is 38.1 Å². The van der Waals surface area contributed by atoms with E-state index >= 15 is 0 Å². The standard InChI is InChI=1S/C24H37ClN7O/c1-31-13-11-19(12-14-31)32(2,16-17-7-5-4-6-8-17)24-29-22(26)28-23(30-24)27-18-9-10-21(33-3)20(25)15-18/h9-10,15,17,19H,4-8,11-14,16H2,1-3H3,(H3,26,27,28,29,30)/q+1. The molecule has 0 radical (unpaired) electrons. The average molecular weight is 475 g/mol. The quantitative estimate of drug-likeness (QED) is 0.572. The fourth-order valence-corrected chi connectivity index (χ4v) is 5.66. The third kappa shape index (κ3) is 5.67. The lowest BCUT2D eigenvalue weighted by molar-refractivity contribution is 0.117. The largest absolute Gasteiger partial charge is 0.495 e. The number of nitrogen functional groups attached to an aromatic ring is 1. The number of likely N-dealkylation sites (tertiary alicyclic amines) is 1. The number of hydrogen-bond donors (Lipinski definition) is 2. The van der Waals surface area contributed by atoms with Crippen molar-refractivity contribution in [2.24, 2.45) is 5.92 Å². The minimum Gasteiger partial charge on any atom is -0.495 e. The van der Waals surface area contributed by atoms with Gasteiger partial charge in [0.25, 0.3) is 0 Å². The van der Waals surface area contributed by atoms with E-state index in [4.69, 9.17) is 27.1 Å². The maximum absolute atomic E-state index is 6.30. The Balaban J connectivity index is 1.64. The van der Waals surface area contributed by atoms with Crippen LogP contribution in [0.3, 0.4) is 0 Å². The predicted octanol–water partition coefficient (Wildman–Crippen LogP) is 4.47. The Labute approximate surface area is 202 Å². The summed E-state index contributed by atoms with van der Waals surface area (Å²) in [7, 11) is 6.10. The summed E-state index contributed by atoms with van der Waals surface area (Å²) >= 11 is 6.30. The Hall–Kier alpha value is -2.16. The highest BCUT2D eigenvalue weighted by Gasteiger charge is 2.42. The molecular weight excluding hydrogens is 438 g/mol. The molecule has 2 fully saturated rings. The Morgan fingerprint density at radius 3 is 2.52 bits per heavy atom. The summed E-state index contributed by atoms with van der Waals surface area (Å²) in [5, 5.41) is 3.78. The second-order valence-electron chi connectivity index (χ2n) is 9.78. The monoisotopic (exact) mass is 474 g/mol. The minimum atomic E-state index is 0.239. The van der Waals surface area contributed by atoms with Crippen molar-refractivity contribution in [1.82, 2.24) is 24.3 Å². The van der Waals surface area contributed by atoms with Gasteiger partial charge in [0.05, 0.1) is 31.8 Å². The topological polar surface area (TPSA) is 89.2 Å². The van der Waals surface area contributed by atoms with Gasteiger partial charge in [-0.25, -0.2) is 0 Å². The molecule has 1 aliphatic heterocycles. The highest BCUT2D eigenvalue weighted by molar-refractivity contribution is 6.32. The molecule has 9 heteroatoms. The van der Waals surface area contributed by atoms with Crippen LogP contribution in [0.5, 0.6) is 5.75 Å². The Bertz CT molecular complexity index is 944. The van der Waals surface area contributed by atoms with Gasteiger partial charge in [-0.2, -0.15) is 4.98 Å². The predicted molar refractivity (Wildman–Crippen MR) is 135 cm³/mol. The smallest absolute Gasteiger partial charge is 0.335 e. The SMILES string of the molecule is COc1ccc(Nc2nc(N)nc([N+](C)(CC3CCCCC3)C3CCN(C)CC3)n2)cc1Cl. The van der Waals surface area contributed by atoms with E-state index < -0.39 is 0 Å². The molecule has 1 saturated heterocycles. The molecule has 0 spiro atoms. The third-order valence-corrected chi connectivity index (χ3v) is 7.66. The van der Waals surface area contributed by atoms with E-state index in [9.17, 15) is 0 Å². The first-order valence-electron chi connectivity index (χ1n) is 12.0. The van der Waals surface area contributed by atoms with Crippen LogP contribution in [0.15, 0.2) is 18.2 Å². The van der Waals surface area contributed by atoms with Gasteiger partial charge in [0.2, 0.25) is 11.9 Å². The lowest BCUT2D eigenvalue weighted by Gasteiger charge is -2.44. The summed E-state index contributed by atoms with van der Waals surface area (Å²) in [6.07, 6.45) is 8.83. The second-order valence-corrected chi connectivity index (χ2v) is 10.2. The van der Waals surface area contributed by atoms with Crippen molar-refractivity contribution in [3.8, 4) is 5.75 Å². The van der Waals surface area contributed by atoms with Crippen LogP contribution in [0.2, 0.25) is 5.02 Å².